The highest BCUT2D eigenvalue weighted by molar-refractivity contribution is 7.91. The summed E-state index contributed by atoms with van der Waals surface area (Å²) in [6.45, 7) is 0. The summed E-state index contributed by atoms with van der Waals surface area (Å²) < 4.78 is 63.5. The van der Waals surface area contributed by atoms with Crippen LogP contribution in [0, 0.1) is 17.5 Å². The maximum atomic E-state index is 13.4. The minimum absolute atomic E-state index is 0.0539. The molecule has 0 radical (unpaired) electrons. The highest BCUT2D eigenvalue weighted by atomic mass is 35.5. The van der Waals surface area contributed by atoms with Crippen molar-refractivity contribution >= 4 is 33.0 Å². The van der Waals surface area contributed by atoms with Crippen LogP contribution in [0.2, 0.25) is 5.02 Å². The molecule has 0 spiro atoms. The maximum absolute atomic E-state index is 13.4. The first-order valence-corrected chi connectivity index (χ1v) is 8.65. The third-order valence-electron chi connectivity index (χ3n) is 3.06. The topological polar surface area (TPSA) is 63.2 Å². The molecule has 2 aromatic rings. The van der Waals surface area contributed by atoms with E-state index >= 15 is 0 Å². The van der Waals surface area contributed by atoms with Gasteiger partial charge in [0, 0.05) is 11.4 Å². The van der Waals surface area contributed by atoms with Gasteiger partial charge in [0.05, 0.1) is 16.3 Å². The van der Waals surface area contributed by atoms with Gasteiger partial charge in [-0.05, 0) is 30.3 Å². The molecule has 0 atom stereocenters. The van der Waals surface area contributed by atoms with E-state index in [1.165, 1.54) is 24.3 Å². The van der Waals surface area contributed by atoms with Gasteiger partial charge in [-0.2, -0.15) is 0 Å². The van der Waals surface area contributed by atoms with Gasteiger partial charge >= 0.3 is 0 Å². The Labute approximate surface area is 141 Å². The molecule has 1 amide bonds. The summed E-state index contributed by atoms with van der Waals surface area (Å²) in [6.07, 6.45) is -0.493. The molecule has 1 N–H and O–H groups in total. The molecule has 0 aliphatic carbocycles. The van der Waals surface area contributed by atoms with Gasteiger partial charge in [0.2, 0.25) is 5.91 Å². The first-order chi connectivity index (χ1) is 11.2. The van der Waals surface area contributed by atoms with Crippen molar-refractivity contribution in [3.05, 3.63) is 58.9 Å². The molecule has 2 aromatic carbocycles. The standard InChI is InChI=1S/C15H11ClF3NO3S/c16-9-2-1-3-10(8-9)24(22,23)7-6-13(21)20-12-5-4-11(17)14(18)15(12)19/h1-5,8H,6-7H2,(H,20,21). The number of hydrogen-bond acceptors (Lipinski definition) is 3. The maximum Gasteiger partial charge on any atom is 0.225 e. The second-order valence-electron chi connectivity index (χ2n) is 4.80. The lowest BCUT2D eigenvalue weighted by atomic mass is 10.2. The first-order valence-electron chi connectivity index (χ1n) is 6.62. The molecule has 24 heavy (non-hydrogen) atoms. The SMILES string of the molecule is O=C(CCS(=O)(=O)c1cccc(Cl)c1)Nc1ccc(F)c(F)c1F. The van der Waals surface area contributed by atoms with Crippen LogP contribution in [0.3, 0.4) is 0 Å². The number of carbonyl (C=O) groups excluding carboxylic acids is 1. The molecule has 0 saturated heterocycles. The van der Waals surface area contributed by atoms with E-state index in [9.17, 15) is 26.4 Å². The van der Waals surface area contributed by atoms with Crippen LogP contribution in [-0.2, 0) is 14.6 Å². The number of halogens is 4. The lowest BCUT2D eigenvalue weighted by Gasteiger charge is -2.08. The fraction of sp³-hybridized carbons (Fsp3) is 0.133. The summed E-state index contributed by atoms with van der Waals surface area (Å²) in [5.41, 5.74) is -0.570. The zero-order valence-electron chi connectivity index (χ0n) is 12.0. The summed E-state index contributed by atoms with van der Waals surface area (Å²) in [4.78, 5) is 11.7. The van der Waals surface area contributed by atoms with Gasteiger partial charge in [0.1, 0.15) is 0 Å². The average molecular weight is 378 g/mol. The van der Waals surface area contributed by atoms with E-state index in [1.807, 2.05) is 5.32 Å². The quantitative estimate of drug-likeness (QED) is 0.810. The van der Waals surface area contributed by atoms with E-state index in [2.05, 4.69) is 0 Å². The van der Waals surface area contributed by atoms with Gasteiger partial charge in [-0.25, -0.2) is 21.6 Å². The lowest BCUT2D eigenvalue weighted by molar-refractivity contribution is -0.115. The minimum Gasteiger partial charge on any atom is -0.323 e. The Bertz CT molecular complexity index is 888. The van der Waals surface area contributed by atoms with Gasteiger partial charge in [0.15, 0.2) is 27.3 Å². The summed E-state index contributed by atoms with van der Waals surface area (Å²) in [5, 5.41) is 2.23. The first kappa shape index (κ1) is 18.3. The van der Waals surface area contributed by atoms with Crippen molar-refractivity contribution in [2.75, 3.05) is 11.1 Å². The number of anilines is 1. The minimum atomic E-state index is -3.77. The van der Waals surface area contributed by atoms with E-state index in [0.717, 1.165) is 6.07 Å². The van der Waals surface area contributed by atoms with Gasteiger partial charge in [-0.15, -0.1) is 0 Å². The van der Waals surface area contributed by atoms with Crippen LogP contribution >= 0.6 is 11.6 Å². The summed E-state index contributed by atoms with van der Waals surface area (Å²) in [6, 6.07) is 7.01. The van der Waals surface area contributed by atoms with Crippen LogP contribution in [0.15, 0.2) is 41.3 Å². The Morgan fingerprint density at radius 3 is 2.46 bits per heavy atom. The van der Waals surface area contributed by atoms with Crippen molar-refractivity contribution in [3.63, 3.8) is 0 Å². The van der Waals surface area contributed by atoms with E-state index in [1.54, 1.807) is 0 Å². The van der Waals surface area contributed by atoms with Crippen molar-refractivity contribution in [1.82, 2.24) is 0 Å². The molecule has 2 rings (SSSR count). The van der Waals surface area contributed by atoms with Crippen molar-refractivity contribution < 1.29 is 26.4 Å². The van der Waals surface area contributed by atoms with E-state index in [-0.39, 0.29) is 9.92 Å². The lowest BCUT2D eigenvalue weighted by Crippen LogP contribution is -2.18. The van der Waals surface area contributed by atoms with Crippen LogP contribution < -0.4 is 5.32 Å². The van der Waals surface area contributed by atoms with Crippen LogP contribution in [0.4, 0.5) is 18.9 Å². The van der Waals surface area contributed by atoms with Crippen LogP contribution in [-0.4, -0.2) is 20.1 Å². The van der Waals surface area contributed by atoms with Gasteiger partial charge in [-0.1, -0.05) is 17.7 Å². The molecular weight excluding hydrogens is 367 g/mol. The molecule has 128 valence electrons. The van der Waals surface area contributed by atoms with Crippen molar-refractivity contribution in [2.45, 2.75) is 11.3 Å². The number of carbonyl (C=O) groups is 1. The Balaban J connectivity index is 2.05. The number of sulfone groups is 1. The highest BCUT2D eigenvalue weighted by Gasteiger charge is 2.19. The molecule has 4 nitrogen and oxygen atoms in total. The fourth-order valence-corrected chi connectivity index (χ4v) is 3.38. The summed E-state index contributed by atoms with van der Waals surface area (Å²) >= 11 is 5.71. The average Bonchev–Trinajstić information content (AvgIpc) is 2.54. The number of hydrogen-bond donors (Lipinski definition) is 1. The largest absolute Gasteiger partial charge is 0.323 e. The number of rotatable bonds is 5. The van der Waals surface area contributed by atoms with Crippen molar-refractivity contribution in [3.8, 4) is 0 Å². The van der Waals surface area contributed by atoms with Crippen LogP contribution in [0.1, 0.15) is 6.42 Å². The summed E-state index contributed by atoms with van der Waals surface area (Å²) in [7, 11) is -3.77. The number of amides is 1. The monoisotopic (exact) mass is 377 g/mol. The molecule has 0 bridgehead atoms. The van der Waals surface area contributed by atoms with Gasteiger partial charge in [0.25, 0.3) is 0 Å². The van der Waals surface area contributed by atoms with E-state index < -0.39 is 51.1 Å². The third kappa shape index (κ3) is 4.27. The third-order valence-corrected chi connectivity index (χ3v) is 5.01. The van der Waals surface area contributed by atoms with Gasteiger partial charge in [-0.3, -0.25) is 4.79 Å². The Morgan fingerprint density at radius 1 is 1.08 bits per heavy atom. The molecule has 9 heteroatoms. The molecule has 0 aliphatic heterocycles. The fourth-order valence-electron chi connectivity index (χ4n) is 1.84. The predicted molar refractivity (Wildman–Crippen MR) is 83.1 cm³/mol. The zero-order chi connectivity index (χ0) is 17.9. The molecular formula is C15H11ClF3NO3S. The van der Waals surface area contributed by atoms with Crippen LogP contribution in [0.5, 0.6) is 0 Å². The molecule has 0 aromatic heterocycles. The van der Waals surface area contributed by atoms with Gasteiger partial charge < -0.3 is 5.32 Å². The van der Waals surface area contributed by atoms with E-state index in [4.69, 9.17) is 11.6 Å². The Kier molecular flexibility index (Phi) is 5.51. The molecule has 0 heterocycles. The number of nitrogens with one attached hydrogen (secondary N) is 1. The normalized spacial score (nSPS) is 11.3. The number of benzene rings is 2. The Hall–Kier alpha value is -2.06. The molecule has 0 unspecified atom stereocenters. The highest BCUT2D eigenvalue weighted by Crippen LogP contribution is 2.20. The van der Waals surface area contributed by atoms with Crippen molar-refractivity contribution in [2.24, 2.45) is 0 Å². The van der Waals surface area contributed by atoms with Crippen LogP contribution in [0.25, 0.3) is 0 Å². The van der Waals surface area contributed by atoms with E-state index in [0.29, 0.717) is 6.07 Å². The zero-order valence-corrected chi connectivity index (χ0v) is 13.6. The molecule has 0 saturated carbocycles. The smallest absolute Gasteiger partial charge is 0.225 e. The second kappa shape index (κ2) is 7.23. The summed E-state index contributed by atoms with van der Waals surface area (Å²) in [5.74, 6) is -6.08. The predicted octanol–water partition coefficient (Wildman–Crippen LogP) is 3.56. The molecule has 0 aliphatic rings. The second-order valence-corrected chi connectivity index (χ2v) is 7.34. The Morgan fingerprint density at radius 2 is 1.79 bits per heavy atom. The molecule has 0 fully saturated rings. The van der Waals surface area contributed by atoms with Crippen molar-refractivity contribution in [1.29, 1.82) is 0 Å².